The molecular weight excluding hydrogens is 235 g/mol. The molecule has 0 aliphatic heterocycles. The maximum absolute atomic E-state index is 13.8. The smallest absolute Gasteiger partial charge is 0.306 e. The van der Waals surface area contributed by atoms with Crippen molar-refractivity contribution in [3.8, 4) is 5.75 Å². The molecule has 0 radical (unpaired) electrons. The highest BCUT2D eigenvalue weighted by atomic mass is 19.1. The lowest BCUT2D eigenvalue weighted by Gasteiger charge is -2.26. The molecule has 98 valence electrons. The van der Waals surface area contributed by atoms with Crippen molar-refractivity contribution in [2.45, 2.75) is 31.6 Å². The normalized spacial score (nSPS) is 23.7. The van der Waals surface area contributed by atoms with Crippen LogP contribution in [0.2, 0.25) is 0 Å². The Balaban J connectivity index is 2.11. The summed E-state index contributed by atoms with van der Waals surface area (Å²) in [7, 11) is 1.55. The average Bonchev–Trinajstić information content (AvgIpc) is 2.39. The molecule has 1 fully saturated rings. The molecule has 18 heavy (non-hydrogen) atoms. The van der Waals surface area contributed by atoms with Gasteiger partial charge in [-0.05, 0) is 55.4 Å². The lowest BCUT2D eigenvalue weighted by atomic mass is 9.78. The Morgan fingerprint density at radius 1 is 1.33 bits per heavy atom. The highest BCUT2D eigenvalue weighted by molar-refractivity contribution is 5.70. The zero-order valence-electron chi connectivity index (χ0n) is 10.4. The van der Waals surface area contributed by atoms with Crippen LogP contribution in [-0.4, -0.2) is 18.2 Å². The van der Waals surface area contributed by atoms with Gasteiger partial charge in [0.05, 0.1) is 13.0 Å². The first-order chi connectivity index (χ1) is 8.61. The molecule has 0 heterocycles. The largest absolute Gasteiger partial charge is 0.497 e. The Labute approximate surface area is 106 Å². The molecule has 1 aliphatic rings. The highest BCUT2D eigenvalue weighted by Crippen LogP contribution is 2.37. The van der Waals surface area contributed by atoms with Gasteiger partial charge >= 0.3 is 5.97 Å². The fraction of sp³-hybridized carbons (Fsp3) is 0.500. The van der Waals surface area contributed by atoms with E-state index in [1.807, 2.05) is 0 Å². The van der Waals surface area contributed by atoms with Gasteiger partial charge in [0.2, 0.25) is 0 Å². The first-order valence-electron chi connectivity index (χ1n) is 6.18. The van der Waals surface area contributed by atoms with E-state index in [-0.39, 0.29) is 17.7 Å². The van der Waals surface area contributed by atoms with Crippen molar-refractivity contribution in [2.75, 3.05) is 7.11 Å². The van der Waals surface area contributed by atoms with Gasteiger partial charge in [-0.1, -0.05) is 0 Å². The van der Waals surface area contributed by atoms with Crippen LogP contribution < -0.4 is 4.74 Å². The van der Waals surface area contributed by atoms with E-state index in [4.69, 9.17) is 9.84 Å². The zero-order valence-corrected chi connectivity index (χ0v) is 10.4. The molecule has 2 rings (SSSR count). The van der Waals surface area contributed by atoms with Gasteiger partial charge in [-0.3, -0.25) is 4.79 Å². The quantitative estimate of drug-likeness (QED) is 0.898. The van der Waals surface area contributed by atoms with Gasteiger partial charge in [0, 0.05) is 0 Å². The Morgan fingerprint density at radius 3 is 2.56 bits per heavy atom. The van der Waals surface area contributed by atoms with Crippen molar-refractivity contribution < 1.29 is 19.0 Å². The van der Waals surface area contributed by atoms with E-state index in [1.165, 1.54) is 6.07 Å². The van der Waals surface area contributed by atoms with E-state index < -0.39 is 5.97 Å². The predicted octanol–water partition coefficient (Wildman–Crippen LogP) is 3.19. The number of benzene rings is 1. The van der Waals surface area contributed by atoms with Crippen LogP contribution in [0.15, 0.2) is 18.2 Å². The summed E-state index contributed by atoms with van der Waals surface area (Å²) in [5.74, 6) is -0.480. The van der Waals surface area contributed by atoms with Crippen molar-refractivity contribution in [2.24, 2.45) is 5.92 Å². The van der Waals surface area contributed by atoms with E-state index in [9.17, 15) is 9.18 Å². The molecule has 0 aromatic heterocycles. The fourth-order valence-corrected chi connectivity index (χ4v) is 2.61. The molecule has 1 saturated carbocycles. The summed E-state index contributed by atoms with van der Waals surface area (Å²) in [5, 5.41) is 8.94. The second kappa shape index (κ2) is 5.38. The third-order valence-electron chi connectivity index (χ3n) is 3.72. The van der Waals surface area contributed by atoms with Crippen molar-refractivity contribution in [1.29, 1.82) is 0 Å². The molecule has 0 atom stereocenters. The summed E-state index contributed by atoms with van der Waals surface area (Å²) in [5.41, 5.74) is 0.651. The van der Waals surface area contributed by atoms with Crippen molar-refractivity contribution in [1.82, 2.24) is 0 Å². The number of rotatable bonds is 3. The molecule has 0 bridgehead atoms. The van der Waals surface area contributed by atoms with Crippen LogP contribution in [0, 0.1) is 11.7 Å². The number of halogens is 1. The molecule has 1 N–H and O–H groups in total. The minimum Gasteiger partial charge on any atom is -0.497 e. The summed E-state index contributed by atoms with van der Waals surface area (Å²) >= 11 is 0. The number of methoxy groups -OCH3 is 1. The van der Waals surface area contributed by atoms with Crippen LogP contribution in [0.5, 0.6) is 5.75 Å². The molecule has 1 aromatic rings. The second-order valence-corrected chi connectivity index (χ2v) is 4.77. The van der Waals surface area contributed by atoms with Gasteiger partial charge in [-0.15, -0.1) is 0 Å². The molecule has 1 aliphatic carbocycles. The molecule has 0 saturated heterocycles. The highest BCUT2D eigenvalue weighted by Gasteiger charge is 2.28. The van der Waals surface area contributed by atoms with Crippen molar-refractivity contribution >= 4 is 5.97 Å². The first kappa shape index (κ1) is 12.9. The molecule has 0 spiro atoms. The molecule has 0 amide bonds. The van der Waals surface area contributed by atoms with Crippen LogP contribution >= 0.6 is 0 Å². The molecule has 3 nitrogen and oxygen atoms in total. The summed E-state index contributed by atoms with van der Waals surface area (Å²) < 4.78 is 18.9. The SMILES string of the molecule is COc1ccc(F)c(C2CCC(C(=O)O)CC2)c1. The standard InChI is InChI=1S/C14H17FO3/c1-18-11-6-7-13(15)12(8-11)9-2-4-10(5-3-9)14(16)17/h6-10H,2-5H2,1H3,(H,16,17). The van der Waals surface area contributed by atoms with Gasteiger partial charge in [-0.25, -0.2) is 4.39 Å². The number of ether oxygens (including phenoxy) is 1. The minimum atomic E-state index is -0.737. The lowest BCUT2D eigenvalue weighted by molar-refractivity contribution is -0.142. The van der Waals surface area contributed by atoms with E-state index in [0.717, 1.165) is 12.8 Å². The number of hydrogen-bond donors (Lipinski definition) is 1. The minimum absolute atomic E-state index is 0.107. The number of carbonyl (C=O) groups is 1. The van der Waals surface area contributed by atoms with E-state index in [1.54, 1.807) is 19.2 Å². The van der Waals surface area contributed by atoms with Crippen LogP contribution in [0.4, 0.5) is 4.39 Å². The average molecular weight is 252 g/mol. The summed E-state index contributed by atoms with van der Waals surface area (Å²) in [6, 6.07) is 4.74. The maximum Gasteiger partial charge on any atom is 0.306 e. The number of carboxylic acid groups (broad SMARTS) is 1. The predicted molar refractivity (Wildman–Crippen MR) is 65.3 cm³/mol. The zero-order chi connectivity index (χ0) is 13.1. The third-order valence-corrected chi connectivity index (χ3v) is 3.72. The first-order valence-corrected chi connectivity index (χ1v) is 6.18. The number of carboxylic acids is 1. The summed E-state index contributed by atoms with van der Waals surface area (Å²) in [6.45, 7) is 0. The Hall–Kier alpha value is -1.58. The second-order valence-electron chi connectivity index (χ2n) is 4.77. The van der Waals surface area contributed by atoms with Gasteiger partial charge in [0.1, 0.15) is 11.6 Å². The Bertz CT molecular complexity index is 437. The van der Waals surface area contributed by atoms with E-state index >= 15 is 0 Å². The van der Waals surface area contributed by atoms with E-state index in [2.05, 4.69) is 0 Å². The van der Waals surface area contributed by atoms with Crippen LogP contribution in [0.1, 0.15) is 37.2 Å². The number of aliphatic carboxylic acids is 1. The molecular formula is C14H17FO3. The van der Waals surface area contributed by atoms with Gasteiger partial charge < -0.3 is 9.84 Å². The molecule has 4 heteroatoms. The summed E-state index contributed by atoms with van der Waals surface area (Å²) in [6.07, 6.45) is 2.69. The van der Waals surface area contributed by atoms with Gasteiger partial charge in [0.15, 0.2) is 0 Å². The molecule has 1 aromatic carbocycles. The molecule has 0 unspecified atom stereocenters. The van der Waals surface area contributed by atoms with E-state index in [0.29, 0.717) is 24.2 Å². The topological polar surface area (TPSA) is 46.5 Å². The monoisotopic (exact) mass is 252 g/mol. The van der Waals surface area contributed by atoms with Crippen LogP contribution in [-0.2, 0) is 4.79 Å². The summed E-state index contributed by atoms with van der Waals surface area (Å²) in [4.78, 5) is 10.9. The fourth-order valence-electron chi connectivity index (χ4n) is 2.61. The van der Waals surface area contributed by atoms with Crippen molar-refractivity contribution in [3.05, 3.63) is 29.6 Å². The maximum atomic E-state index is 13.8. The van der Waals surface area contributed by atoms with Gasteiger partial charge in [0.25, 0.3) is 0 Å². The van der Waals surface area contributed by atoms with Crippen LogP contribution in [0.3, 0.4) is 0 Å². The van der Waals surface area contributed by atoms with Crippen LogP contribution in [0.25, 0.3) is 0 Å². The Kier molecular flexibility index (Phi) is 3.84. The van der Waals surface area contributed by atoms with Crippen molar-refractivity contribution in [3.63, 3.8) is 0 Å². The number of hydrogen-bond acceptors (Lipinski definition) is 2. The van der Waals surface area contributed by atoms with Gasteiger partial charge in [-0.2, -0.15) is 0 Å². The lowest BCUT2D eigenvalue weighted by Crippen LogP contribution is -2.21. The third kappa shape index (κ3) is 2.63. The Morgan fingerprint density at radius 2 is 2.00 bits per heavy atom.